The highest BCUT2D eigenvalue weighted by Gasteiger charge is 2.36. The lowest BCUT2D eigenvalue weighted by atomic mass is 10.1. The highest BCUT2D eigenvalue weighted by atomic mass is 79.9. The van der Waals surface area contributed by atoms with Crippen molar-refractivity contribution in [3.05, 3.63) is 82.3 Å². The van der Waals surface area contributed by atoms with E-state index in [-0.39, 0.29) is 18.9 Å². The number of benzene rings is 3. The summed E-state index contributed by atoms with van der Waals surface area (Å²) in [6, 6.07) is 20.4. The number of hydrogen-bond donors (Lipinski definition) is 1. The maximum atomic E-state index is 12.6. The van der Waals surface area contributed by atoms with E-state index in [1.807, 2.05) is 50.2 Å². The lowest BCUT2D eigenvalue weighted by molar-refractivity contribution is -0.151. The minimum atomic E-state index is -0.632. The molecule has 1 fully saturated rings. The lowest BCUT2D eigenvalue weighted by Gasteiger charge is -2.17. The zero-order chi connectivity index (χ0) is 25.7. The molecular formula is C28H27BrN2O5. The fourth-order valence-electron chi connectivity index (χ4n) is 3.97. The van der Waals surface area contributed by atoms with E-state index in [4.69, 9.17) is 9.47 Å². The third kappa shape index (κ3) is 6.31. The van der Waals surface area contributed by atoms with Crippen LogP contribution in [0.3, 0.4) is 0 Å². The van der Waals surface area contributed by atoms with E-state index in [1.54, 1.807) is 35.2 Å². The van der Waals surface area contributed by atoms with Crippen LogP contribution in [-0.4, -0.2) is 30.9 Å². The number of carbonyl (C=O) groups excluding carboxylic acids is 3. The Morgan fingerprint density at radius 3 is 2.36 bits per heavy atom. The van der Waals surface area contributed by atoms with E-state index in [0.717, 1.165) is 27.8 Å². The average molecular weight is 551 g/mol. The molecule has 0 radical (unpaired) electrons. The molecule has 0 spiro atoms. The predicted molar refractivity (Wildman–Crippen MR) is 141 cm³/mol. The third-order valence-corrected chi connectivity index (χ3v) is 6.42. The number of carbonyl (C=O) groups is 3. The van der Waals surface area contributed by atoms with Crippen molar-refractivity contribution in [3.8, 4) is 11.5 Å². The Hall–Kier alpha value is -3.65. The van der Waals surface area contributed by atoms with Crippen molar-refractivity contribution < 1.29 is 23.9 Å². The van der Waals surface area contributed by atoms with Crippen molar-refractivity contribution in [3.63, 3.8) is 0 Å². The van der Waals surface area contributed by atoms with Crippen LogP contribution in [0.5, 0.6) is 11.5 Å². The molecule has 1 saturated heterocycles. The van der Waals surface area contributed by atoms with E-state index < -0.39 is 24.4 Å². The van der Waals surface area contributed by atoms with Crippen LogP contribution in [0.15, 0.2) is 71.2 Å². The van der Waals surface area contributed by atoms with Crippen LogP contribution in [-0.2, 0) is 25.5 Å². The van der Waals surface area contributed by atoms with Crippen LogP contribution < -0.4 is 15.0 Å². The van der Waals surface area contributed by atoms with Gasteiger partial charge in [-0.2, -0.15) is 0 Å². The van der Waals surface area contributed by atoms with Crippen LogP contribution in [0.25, 0.3) is 0 Å². The van der Waals surface area contributed by atoms with Crippen molar-refractivity contribution in [1.82, 2.24) is 0 Å². The first-order valence-electron chi connectivity index (χ1n) is 11.7. The largest absolute Gasteiger partial charge is 0.457 e. The fraction of sp³-hybridized carbons (Fsp3) is 0.250. The second kappa shape index (κ2) is 11.4. The van der Waals surface area contributed by atoms with Gasteiger partial charge in [-0.15, -0.1) is 0 Å². The molecule has 1 atom stereocenters. The number of anilines is 2. The second-order valence-corrected chi connectivity index (χ2v) is 9.54. The van der Waals surface area contributed by atoms with Gasteiger partial charge in [-0.1, -0.05) is 40.5 Å². The van der Waals surface area contributed by atoms with Crippen molar-refractivity contribution in [1.29, 1.82) is 0 Å². The highest BCUT2D eigenvalue weighted by molar-refractivity contribution is 9.10. The molecule has 1 aliphatic rings. The van der Waals surface area contributed by atoms with Gasteiger partial charge in [0.25, 0.3) is 5.91 Å². The molecule has 4 rings (SSSR count). The summed E-state index contributed by atoms with van der Waals surface area (Å²) in [4.78, 5) is 39.0. The number of rotatable bonds is 8. The summed E-state index contributed by atoms with van der Waals surface area (Å²) in [7, 11) is 0. The standard InChI is InChI=1S/C28H27BrN2O5/c1-3-19-14-21(29)6-13-25(19)30-26(32)17-35-28(34)20-15-27(33)31(16-20)22-7-11-24(12-8-22)36-23-9-4-18(2)5-10-23/h4-14,20H,3,15-17H2,1-2H3,(H,30,32)/t20-/m0/s1. The molecule has 8 heteroatoms. The molecule has 3 aromatic carbocycles. The molecule has 2 amide bonds. The summed E-state index contributed by atoms with van der Waals surface area (Å²) in [5, 5.41) is 2.78. The van der Waals surface area contributed by atoms with Crippen molar-refractivity contribution in [2.24, 2.45) is 5.92 Å². The fourth-order valence-corrected chi connectivity index (χ4v) is 4.38. The molecule has 1 heterocycles. The van der Waals surface area contributed by atoms with Gasteiger partial charge < -0.3 is 19.7 Å². The highest BCUT2D eigenvalue weighted by Crippen LogP contribution is 2.29. The smallest absolute Gasteiger partial charge is 0.311 e. The van der Waals surface area contributed by atoms with E-state index in [0.29, 0.717) is 17.1 Å². The summed E-state index contributed by atoms with van der Waals surface area (Å²) in [6.07, 6.45) is 0.780. The molecule has 186 valence electrons. The topological polar surface area (TPSA) is 84.9 Å². The van der Waals surface area contributed by atoms with Gasteiger partial charge in [0.2, 0.25) is 5.91 Å². The molecule has 0 unspecified atom stereocenters. The molecule has 0 bridgehead atoms. The summed E-state index contributed by atoms with van der Waals surface area (Å²) in [6.45, 7) is 3.79. The van der Waals surface area contributed by atoms with Gasteiger partial charge in [-0.05, 0) is 73.5 Å². The van der Waals surface area contributed by atoms with Gasteiger partial charge in [0, 0.05) is 28.8 Å². The Kier molecular flexibility index (Phi) is 8.05. The van der Waals surface area contributed by atoms with Crippen LogP contribution in [0.2, 0.25) is 0 Å². The Labute approximate surface area is 218 Å². The van der Waals surface area contributed by atoms with E-state index in [1.165, 1.54) is 0 Å². The number of nitrogens with zero attached hydrogens (tertiary/aromatic N) is 1. The number of aryl methyl sites for hydroxylation is 2. The van der Waals surface area contributed by atoms with E-state index in [2.05, 4.69) is 21.2 Å². The van der Waals surface area contributed by atoms with E-state index >= 15 is 0 Å². The Morgan fingerprint density at radius 2 is 1.69 bits per heavy atom. The minimum Gasteiger partial charge on any atom is -0.457 e. The molecule has 1 aliphatic heterocycles. The summed E-state index contributed by atoms with van der Waals surface area (Å²) < 4.78 is 12.0. The quantitative estimate of drug-likeness (QED) is 0.366. The summed E-state index contributed by atoms with van der Waals surface area (Å²) in [5.74, 6) is -0.419. The Morgan fingerprint density at radius 1 is 1.03 bits per heavy atom. The molecule has 36 heavy (non-hydrogen) atoms. The number of esters is 1. The third-order valence-electron chi connectivity index (χ3n) is 5.93. The number of nitrogens with one attached hydrogen (secondary N) is 1. The Balaban J connectivity index is 1.29. The summed E-state index contributed by atoms with van der Waals surface area (Å²) >= 11 is 3.42. The van der Waals surface area contributed by atoms with Crippen molar-refractivity contribution in [2.75, 3.05) is 23.4 Å². The van der Waals surface area contributed by atoms with Gasteiger partial charge >= 0.3 is 5.97 Å². The van der Waals surface area contributed by atoms with Gasteiger partial charge in [-0.25, -0.2) is 0 Å². The zero-order valence-corrected chi connectivity index (χ0v) is 21.7. The van der Waals surface area contributed by atoms with Gasteiger partial charge in [0.15, 0.2) is 6.61 Å². The molecule has 0 aromatic heterocycles. The van der Waals surface area contributed by atoms with Gasteiger partial charge in [0.1, 0.15) is 11.5 Å². The van der Waals surface area contributed by atoms with Crippen LogP contribution in [0, 0.1) is 12.8 Å². The predicted octanol–water partition coefficient (Wildman–Crippen LogP) is 5.65. The van der Waals surface area contributed by atoms with Crippen LogP contribution in [0.1, 0.15) is 24.5 Å². The maximum absolute atomic E-state index is 12.6. The molecular weight excluding hydrogens is 524 g/mol. The average Bonchev–Trinajstić information content (AvgIpc) is 3.27. The number of amides is 2. The first-order valence-corrected chi connectivity index (χ1v) is 12.5. The van der Waals surface area contributed by atoms with E-state index in [9.17, 15) is 14.4 Å². The van der Waals surface area contributed by atoms with Crippen LogP contribution >= 0.6 is 15.9 Å². The monoisotopic (exact) mass is 550 g/mol. The maximum Gasteiger partial charge on any atom is 0.311 e. The lowest BCUT2D eigenvalue weighted by Crippen LogP contribution is -2.28. The first kappa shape index (κ1) is 25.4. The zero-order valence-electron chi connectivity index (χ0n) is 20.1. The SMILES string of the molecule is CCc1cc(Br)ccc1NC(=O)COC(=O)[C@H]1CC(=O)N(c2ccc(Oc3ccc(C)cc3)cc2)C1. The Bertz CT molecular complexity index is 1260. The van der Waals surface area contributed by atoms with Crippen molar-refractivity contribution >= 4 is 45.1 Å². The normalized spacial score (nSPS) is 15.0. The van der Waals surface area contributed by atoms with Crippen molar-refractivity contribution in [2.45, 2.75) is 26.7 Å². The number of halogens is 1. The molecule has 1 N–H and O–H groups in total. The van der Waals surface area contributed by atoms with Gasteiger partial charge in [-0.3, -0.25) is 14.4 Å². The molecule has 3 aromatic rings. The number of hydrogen-bond acceptors (Lipinski definition) is 5. The molecule has 7 nitrogen and oxygen atoms in total. The van der Waals surface area contributed by atoms with Crippen LogP contribution in [0.4, 0.5) is 11.4 Å². The molecule has 0 aliphatic carbocycles. The summed E-state index contributed by atoms with van der Waals surface area (Å²) in [5.41, 5.74) is 3.47. The number of ether oxygens (including phenoxy) is 2. The minimum absolute atomic E-state index is 0.0365. The molecule has 0 saturated carbocycles. The second-order valence-electron chi connectivity index (χ2n) is 8.63. The first-order chi connectivity index (χ1) is 17.3. The van der Waals surface area contributed by atoms with Gasteiger partial charge in [0.05, 0.1) is 5.92 Å².